The number of imidazole rings is 1. The third kappa shape index (κ3) is 10.5. The third-order valence-corrected chi connectivity index (χ3v) is 5.16. The molecule has 0 saturated carbocycles. The lowest BCUT2D eigenvalue weighted by atomic mass is 10.0. The van der Waals surface area contributed by atoms with Gasteiger partial charge in [-0.2, -0.15) is 0 Å². The predicted molar refractivity (Wildman–Crippen MR) is 124 cm³/mol. The van der Waals surface area contributed by atoms with Crippen LogP contribution in [0.3, 0.4) is 0 Å². The summed E-state index contributed by atoms with van der Waals surface area (Å²) >= 11 is 0. The summed E-state index contributed by atoms with van der Waals surface area (Å²) in [6.45, 7) is 3.24. The van der Waals surface area contributed by atoms with Crippen molar-refractivity contribution in [3.63, 3.8) is 0 Å². The van der Waals surface area contributed by atoms with Crippen molar-refractivity contribution in [3.8, 4) is 0 Å². The Bertz CT molecular complexity index is 935. The minimum Gasteiger partial charge on any atom is -0.481 e. The monoisotopic (exact) mass is 511 g/mol. The van der Waals surface area contributed by atoms with Crippen LogP contribution < -0.4 is 27.4 Å². The molecule has 0 bridgehead atoms. The molecule has 10 N–H and O–H groups in total. The lowest BCUT2D eigenvalue weighted by Gasteiger charge is -2.27. The highest BCUT2D eigenvalue weighted by atomic mass is 16.4. The van der Waals surface area contributed by atoms with Gasteiger partial charge < -0.3 is 42.6 Å². The van der Waals surface area contributed by atoms with Gasteiger partial charge in [-0.05, 0) is 18.8 Å². The number of carbonyl (C=O) groups is 6. The van der Waals surface area contributed by atoms with Crippen LogP contribution in [0.1, 0.15) is 45.2 Å². The molecule has 4 unspecified atom stereocenters. The van der Waals surface area contributed by atoms with Crippen molar-refractivity contribution in [2.75, 3.05) is 0 Å². The average Bonchev–Trinajstić information content (AvgIpc) is 3.30. The molecule has 36 heavy (non-hydrogen) atoms. The topological polar surface area (TPSA) is 260 Å². The van der Waals surface area contributed by atoms with Crippen molar-refractivity contribution in [2.45, 2.75) is 70.1 Å². The SMILES string of the molecule is CC(C)C(NC(=O)C(N)CCC(=O)O)C(=O)NC(CCC(N)=O)C(=O)NC(Cc1cnc[nH]1)C(=O)O. The fourth-order valence-electron chi connectivity index (χ4n) is 3.11. The summed E-state index contributed by atoms with van der Waals surface area (Å²) in [4.78, 5) is 78.3. The lowest BCUT2D eigenvalue weighted by molar-refractivity contribution is -0.142. The van der Waals surface area contributed by atoms with E-state index in [4.69, 9.17) is 16.6 Å². The summed E-state index contributed by atoms with van der Waals surface area (Å²) < 4.78 is 0. The zero-order chi connectivity index (χ0) is 27.4. The number of aromatic amines is 1. The first kappa shape index (κ1) is 30.0. The fourth-order valence-corrected chi connectivity index (χ4v) is 3.11. The predicted octanol–water partition coefficient (Wildman–Crippen LogP) is -2.40. The van der Waals surface area contributed by atoms with E-state index >= 15 is 0 Å². The second-order valence-electron chi connectivity index (χ2n) is 8.52. The summed E-state index contributed by atoms with van der Waals surface area (Å²) in [5.74, 6) is -6.08. The van der Waals surface area contributed by atoms with E-state index in [0.717, 1.165) is 0 Å². The van der Waals surface area contributed by atoms with Gasteiger partial charge in [0.25, 0.3) is 0 Å². The molecule has 0 saturated heterocycles. The number of carboxylic acid groups (broad SMARTS) is 2. The maximum absolute atomic E-state index is 13.0. The molecule has 1 heterocycles. The molecule has 0 aromatic carbocycles. The van der Waals surface area contributed by atoms with Gasteiger partial charge in [-0.25, -0.2) is 9.78 Å². The summed E-state index contributed by atoms with van der Waals surface area (Å²) in [7, 11) is 0. The number of aromatic nitrogens is 2. The summed E-state index contributed by atoms with van der Waals surface area (Å²) in [5, 5.41) is 25.4. The van der Waals surface area contributed by atoms with Gasteiger partial charge in [-0.15, -0.1) is 0 Å². The standard InChI is InChI=1S/C21H33N7O8/c1-10(2)17(28-18(32)12(22)3-6-16(30)31)20(34)26-13(4-5-15(23)29)19(33)27-14(21(35)36)7-11-8-24-9-25-11/h8-10,12-14,17H,3-7,22H2,1-2H3,(H2,23,29)(H,24,25)(H,26,34)(H,27,33)(H,28,32)(H,30,31)(H,35,36). The second kappa shape index (κ2) is 14.4. The molecular weight excluding hydrogens is 478 g/mol. The van der Waals surface area contributed by atoms with Crippen LogP contribution in [-0.4, -0.2) is 79.9 Å². The number of primary amides is 1. The van der Waals surface area contributed by atoms with Gasteiger partial charge in [0, 0.05) is 31.2 Å². The molecule has 0 aliphatic rings. The largest absolute Gasteiger partial charge is 0.481 e. The Morgan fingerprint density at radius 1 is 0.944 bits per heavy atom. The van der Waals surface area contributed by atoms with Crippen molar-refractivity contribution >= 4 is 35.6 Å². The van der Waals surface area contributed by atoms with Gasteiger partial charge in [0.15, 0.2) is 0 Å². The van der Waals surface area contributed by atoms with Crippen LogP contribution >= 0.6 is 0 Å². The Kier molecular flexibility index (Phi) is 12.0. The van der Waals surface area contributed by atoms with Gasteiger partial charge in [0.2, 0.25) is 23.6 Å². The number of aliphatic carboxylic acids is 2. The third-order valence-electron chi connectivity index (χ3n) is 5.16. The van der Waals surface area contributed by atoms with Gasteiger partial charge in [0.1, 0.15) is 18.1 Å². The first-order chi connectivity index (χ1) is 16.8. The highest BCUT2D eigenvalue weighted by Gasteiger charge is 2.32. The molecule has 0 radical (unpaired) electrons. The Labute approximate surface area is 206 Å². The molecule has 4 amide bonds. The zero-order valence-corrected chi connectivity index (χ0v) is 20.0. The molecule has 0 aliphatic carbocycles. The molecule has 0 aliphatic heterocycles. The number of hydrogen-bond acceptors (Lipinski definition) is 8. The van der Waals surface area contributed by atoms with Crippen LogP contribution in [0.25, 0.3) is 0 Å². The molecule has 15 heteroatoms. The van der Waals surface area contributed by atoms with Crippen molar-refractivity contribution in [1.29, 1.82) is 0 Å². The maximum atomic E-state index is 13.0. The van der Waals surface area contributed by atoms with Crippen LogP contribution in [0.5, 0.6) is 0 Å². The van der Waals surface area contributed by atoms with E-state index in [1.165, 1.54) is 12.5 Å². The van der Waals surface area contributed by atoms with Crippen molar-refractivity contribution in [3.05, 3.63) is 18.2 Å². The Morgan fingerprint density at radius 3 is 2.08 bits per heavy atom. The average molecular weight is 512 g/mol. The van der Waals surface area contributed by atoms with Crippen LogP contribution in [0, 0.1) is 5.92 Å². The Morgan fingerprint density at radius 2 is 1.58 bits per heavy atom. The first-order valence-corrected chi connectivity index (χ1v) is 11.2. The maximum Gasteiger partial charge on any atom is 0.326 e. The van der Waals surface area contributed by atoms with E-state index in [0.29, 0.717) is 5.69 Å². The first-order valence-electron chi connectivity index (χ1n) is 11.2. The van der Waals surface area contributed by atoms with Gasteiger partial charge >= 0.3 is 11.9 Å². The molecule has 1 aromatic rings. The number of nitrogens with one attached hydrogen (secondary N) is 4. The minimum absolute atomic E-state index is 0.115. The highest BCUT2D eigenvalue weighted by molar-refractivity contribution is 5.94. The van der Waals surface area contributed by atoms with Gasteiger partial charge in [-0.3, -0.25) is 24.0 Å². The van der Waals surface area contributed by atoms with E-state index in [1.54, 1.807) is 13.8 Å². The molecule has 15 nitrogen and oxygen atoms in total. The quantitative estimate of drug-likeness (QED) is 0.117. The Hall–Kier alpha value is -4.01. The molecular formula is C21H33N7O8. The van der Waals surface area contributed by atoms with E-state index in [2.05, 4.69) is 25.9 Å². The number of nitrogens with two attached hydrogens (primary N) is 2. The normalized spacial score (nSPS) is 14.2. The zero-order valence-electron chi connectivity index (χ0n) is 20.0. The number of nitrogens with zero attached hydrogens (tertiary/aromatic N) is 1. The van der Waals surface area contributed by atoms with Crippen LogP contribution in [0.15, 0.2) is 12.5 Å². The second-order valence-corrected chi connectivity index (χ2v) is 8.52. The van der Waals surface area contributed by atoms with Crippen molar-refractivity contribution in [2.24, 2.45) is 17.4 Å². The smallest absolute Gasteiger partial charge is 0.326 e. The van der Waals surface area contributed by atoms with Crippen LogP contribution in [-0.2, 0) is 35.2 Å². The molecule has 0 spiro atoms. The lowest BCUT2D eigenvalue weighted by Crippen LogP contribution is -2.58. The van der Waals surface area contributed by atoms with Crippen molar-refractivity contribution < 1.29 is 39.0 Å². The summed E-state index contributed by atoms with van der Waals surface area (Å²) in [6, 6.07) is -5.04. The molecule has 1 aromatic heterocycles. The number of rotatable bonds is 16. The number of hydrogen-bond donors (Lipinski definition) is 8. The summed E-state index contributed by atoms with van der Waals surface area (Å²) in [6.07, 6.45) is 1.63. The Balaban J connectivity index is 2.96. The summed E-state index contributed by atoms with van der Waals surface area (Å²) in [5.41, 5.74) is 11.3. The van der Waals surface area contributed by atoms with Gasteiger partial charge in [-0.1, -0.05) is 13.8 Å². The molecule has 4 atom stereocenters. The van der Waals surface area contributed by atoms with Crippen LogP contribution in [0.4, 0.5) is 0 Å². The molecule has 200 valence electrons. The van der Waals surface area contributed by atoms with E-state index in [1.807, 2.05) is 0 Å². The van der Waals surface area contributed by atoms with Crippen LogP contribution in [0.2, 0.25) is 0 Å². The molecule has 0 fully saturated rings. The number of H-pyrrole nitrogens is 1. The minimum atomic E-state index is -1.36. The number of carbonyl (C=O) groups excluding carboxylic acids is 4. The van der Waals surface area contributed by atoms with E-state index in [9.17, 15) is 33.9 Å². The van der Waals surface area contributed by atoms with E-state index < -0.39 is 65.7 Å². The number of amides is 4. The van der Waals surface area contributed by atoms with Gasteiger partial charge in [0.05, 0.1) is 12.4 Å². The van der Waals surface area contributed by atoms with E-state index in [-0.39, 0.29) is 32.1 Å². The highest BCUT2D eigenvalue weighted by Crippen LogP contribution is 2.07. The van der Waals surface area contributed by atoms with Crippen molar-refractivity contribution in [1.82, 2.24) is 25.9 Å². The number of carboxylic acids is 2. The molecule has 1 rings (SSSR count). The fraction of sp³-hybridized carbons (Fsp3) is 0.571.